The topological polar surface area (TPSA) is 119 Å². The maximum absolute atomic E-state index is 12.2. The Morgan fingerprint density at radius 1 is 0.558 bits per heavy atom. The van der Waals surface area contributed by atoms with Gasteiger partial charge in [-0.2, -0.15) is 0 Å². The van der Waals surface area contributed by atoms with Crippen LogP contribution in [-0.2, 0) is 41.9 Å². The van der Waals surface area contributed by atoms with Gasteiger partial charge in [-0.25, -0.2) is 4.79 Å². The Hall–Kier alpha value is -3.68. The monoisotopic (exact) mass is 595 g/mol. The lowest BCUT2D eigenvalue weighted by Crippen LogP contribution is -2.41. The van der Waals surface area contributed by atoms with Crippen LogP contribution in [-0.4, -0.2) is 35.0 Å². The van der Waals surface area contributed by atoms with E-state index < -0.39 is 18.0 Å². The Morgan fingerprint density at radius 3 is 1.40 bits per heavy atom. The number of nitrogens with one attached hydrogen (secondary N) is 1. The average Bonchev–Trinajstić information content (AvgIpc) is 3.02. The zero-order valence-corrected chi connectivity index (χ0v) is 25.5. The Balaban J connectivity index is 1.37. The van der Waals surface area contributed by atoms with Crippen LogP contribution in [0.15, 0.2) is 60.7 Å². The molecule has 8 nitrogen and oxygen atoms in total. The first-order valence-corrected chi connectivity index (χ1v) is 15.9. The molecular weight excluding hydrogens is 546 g/mol. The van der Waals surface area contributed by atoms with Gasteiger partial charge in [0.1, 0.15) is 19.3 Å². The largest absolute Gasteiger partial charge is 0.480 e. The van der Waals surface area contributed by atoms with E-state index in [2.05, 4.69) is 5.32 Å². The summed E-state index contributed by atoms with van der Waals surface area (Å²) in [6, 6.07) is 17.9. The van der Waals surface area contributed by atoms with Gasteiger partial charge in [0.15, 0.2) is 0 Å². The molecule has 0 saturated heterocycles. The summed E-state index contributed by atoms with van der Waals surface area (Å²) in [5.74, 6) is -2.06. The molecule has 0 bridgehead atoms. The summed E-state index contributed by atoms with van der Waals surface area (Å²) in [7, 11) is 0. The average molecular weight is 596 g/mol. The fourth-order valence-electron chi connectivity index (χ4n) is 4.73. The molecule has 0 heterocycles. The van der Waals surface area contributed by atoms with Gasteiger partial charge in [-0.15, -0.1) is 0 Å². The number of rotatable bonds is 24. The molecule has 43 heavy (non-hydrogen) atoms. The van der Waals surface area contributed by atoms with Gasteiger partial charge in [0.2, 0.25) is 5.91 Å². The molecule has 0 aliphatic carbocycles. The molecule has 0 fully saturated rings. The van der Waals surface area contributed by atoms with Crippen LogP contribution in [0.3, 0.4) is 0 Å². The van der Waals surface area contributed by atoms with Crippen molar-refractivity contribution in [3.63, 3.8) is 0 Å². The molecule has 236 valence electrons. The van der Waals surface area contributed by atoms with Crippen LogP contribution in [0, 0.1) is 0 Å². The third-order valence-electron chi connectivity index (χ3n) is 7.29. The Morgan fingerprint density at radius 2 is 0.953 bits per heavy atom. The molecule has 2 aromatic carbocycles. The minimum absolute atomic E-state index is 0.00147. The minimum atomic E-state index is -1.15. The highest BCUT2D eigenvalue weighted by Gasteiger charge is 2.21. The molecule has 2 rings (SSSR count). The van der Waals surface area contributed by atoms with E-state index in [1.54, 1.807) is 0 Å². The van der Waals surface area contributed by atoms with Crippen molar-refractivity contribution in [3.8, 4) is 0 Å². The van der Waals surface area contributed by atoms with Gasteiger partial charge >= 0.3 is 17.9 Å². The van der Waals surface area contributed by atoms with E-state index >= 15 is 0 Å². The van der Waals surface area contributed by atoms with Crippen LogP contribution >= 0.6 is 0 Å². The Kier molecular flexibility index (Phi) is 18.9. The van der Waals surface area contributed by atoms with Gasteiger partial charge in [-0.05, 0) is 30.4 Å². The molecule has 1 atom stereocenters. The fourth-order valence-corrected chi connectivity index (χ4v) is 4.73. The summed E-state index contributed by atoms with van der Waals surface area (Å²) in [6.07, 6.45) is 13.7. The first kappa shape index (κ1) is 35.5. The van der Waals surface area contributed by atoms with E-state index in [4.69, 9.17) is 9.47 Å². The fraction of sp³-hybridized carbons (Fsp3) is 0.543. The smallest absolute Gasteiger partial charge is 0.326 e. The molecular formula is C35H49NO7. The van der Waals surface area contributed by atoms with Crippen molar-refractivity contribution in [2.75, 3.05) is 0 Å². The highest BCUT2D eigenvalue weighted by molar-refractivity contribution is 5.84. The van der Waals surface area contributed by atoms with E-state index in [1.807, 2.05) is 60.7 Å². The number of hydrogen-bond acceptors (Lipinski definition) is 6. The SMILES string of the molecule is O=C(CCCCCCCCCCCCCCC(=O)OCc1ccccc1)N[C@@H](CCC(=O)OCc1ccccc1)C(=O)O. The van der Waals surface area contributed by atoms with Crippen LogP contribution in [0.2, 0.25) is 0 Å². The van der Waals surface area contributed by atoms with Gasteiger partial charge in [0.05, 0.1) is 0 Å². The number of hydrogen-bond donors (Lipinski definition) is 2. The molecule has 2 N–H and O–H groups in total. The molecule has 2 aromatic rings. The van der Waals surface area contributed by atoms with Crippen LogP contribution in [0.25, 0.3) is 0 Å². The molecule has 0 aromatic heterocycles. The number of carbonyl (C=O) groups excluding carboxylic acids is 3. The van der Waals surface area contributed by atoms with Crippen molar-refractivity contribution in [1.82, 2.24) is 5.32 Å². The maximum Gasteiger partial charge on any atom is 0.326 e. The second-order valence-corrected chi connectivity index (χ2v) is 11.0. The molecule has 0 unspecified atom stereocenters. The third kappa shape index (κ3) is 18.5. The standard InChI is InChI=1S/C35H49NO7/c37-32(36-31(35(40)41)25-26-34(39)43-28-30-21-15-12-16-22-30)23-17-9-7-5-3-1-2-4-6-8-10-18-24-33(38)42-27-29-19-13-11-14-20-29/h11-16,19-22,31H,1-10,17-18,23-28H2,(H,36,37)(H,40,41)/t31-/m0/s1. The second-order valence-electron chi connectivity index (χ2n) is 11.0. The van der Waals surface area contributed by atoms with Crippen molar-refractivity contribution in [2.45, 2.75) is 122 Å². The predicted molar refractivity (Wildman–Crippen MR) is 166 cm³/mol. The van der Waals surface area contributed by atoms with E-state index in [9.17, 15) is 24.3 Å². The van der Waals surface area contributed by atoms with Crippen LogP contribution in [0.4, 0.5) is 0 Å². The summed E-state index contributed by atoms with van der Waals surface area (Å²) in [4.78, 5) is 47.5. The summed E-state index contributed by atoms with van der Waals surface area (Å²) in [5, 5.41) is 12.0. The molecule has 0 spiro atoms. The van der Waals surface area contributed by atoms with Crippen LogP contribution in [0.5, 0.6) is 0 Å². The highest BCUT2D eigenvalue weighted by atomic mass is 16.5. The maximum atomic E-state index is 12.2. The number of aliphatic carboxylic acids is 1. The van der Waals surface area contributed by atoms with E-state index in [1.165, 1.54) is 32.1 Å². The number of esters is 2. The van der Waals surface area contributed by atoms with Crippen molar-refractivity contribution in [3.05, 3.63) is 71.8 Å². The normalized spacial score (nSPS) is 11.4. The highest BCUT2D eigenvalue weighted by Crippen LogP contribution is 2.14. The first-order chi connectivity index (χ1) is 20.9. The number of unbranched alkanes of at least 4 members (excludes halogenated alkanes) is 11. The van der Waals surface area contributed by atoms with Gasteiger partial charge in [0, 0.05) is 19.3 Å². The van der Waals surface area contributed by atoms with Gasteiger partial charge in [-0.3, -0.25) is 14.4 Å². The molecule has 0 saturated carbocycles. The number of amides is 1. The van der Waals surface area contributed by atoms with Gasteiger partial charge in [-0.1, -0.05) is 125 Å². The Labute approximate surface area is 256 Å². The third-order valence-corrected chi connectivity index (χ3v) is 7.29. The zero-order chi connectivity index (χ0) is 31.0. The van der Waals surface area contributed by atoms with Crippen LogP contribution in [0.1, 0.15) is 114 Å². The number of ether oxygens (including phenoxy) is 2. The Bertz CT molecular complexity index is 1060. The first-order valence-electron chi connectivity index (χ1n) is 15.9. The van der Waals surface area contributed by atoms with Gasteiger partial charge < -0.3 is 19.9 Å². The molecule has 1 amide bonds. The minimum Gasteiger partial charge on any atom is -0.480 e. The molecule has 0 aliphatic rings. The van der Waals surface area contributed by atoms with Crippen molar-refractivity contribution >= 4 is 23.8 Å². The number of benzene rings is 2. The molecule has 0 aliphatic heterocycles. The summed E-state index contributed by atoms with van der Waals surface area (Å²) in [6.45, 7) is 0.486. The second kappa shape index (κ2) is 22.9. The predicted octanol–water partition coefficient (Wildman–Crippen LogP) is 7.28. The number of carbonyl (C=O) groups is 4. The lowest BCUT2D eigenvalue weighted by atomic mass is 10.0. The van der Waals surface area contributed by atoms with Crippen molar-refractivity contribution in [1.29, 1.82) is 0 Å². The van der Waals surface area contributed by atoms with E-state index in [-0.39, 0.29) is 37.7 Å². The van der Waals surface area contributed by atoms with Crippen molar-refractivity contribution < 1.29 is 33.8 Å². The summed E-state index contributed by atoms with van der Waals surface area (Å²) >= 11 is 0. The summed E-state index contributed by atoms with van der Waals surface area (Å²) < 4.78 is 10.5. The molecule has 8 heteroatoms. The van der Waals surface area contributed by atoms with Crippen molar-refractivity contribution in [2.24, 2.45) is 0 Å². The lowest BCUT2D eigenvalue weighted by molar-refractivity contribution is -0.147. The lowest BCUT2D eigenvalue weighted by Gasteiger charge is -2.14. The summed E-state index contributed by atoms with van der Waals surface area (Å²) in [5.41, 5.74) is 1.87. The number of carboxylic acids is 1. The zero-order valence-electron chi connectivity index (χ0n) is 25.5. The van der Waals surface area contributed by atoms with Crippen LogP contribution < -0.4 is 5.32 Å². The van der Waals surface area contributed by atoms with E-state index in [0.717, 1.165) is 56.1 Å². The van der Waals surface area contributed by atoms with Gasteiger partial charge in [0.25, 0.3) is 0 Å². The molecule has 0 radical (unpaired) electrons. The van der Waals surface area contributed by atoms with E-state index in [0.29, 0.717) is 13.0 Å². The number of carboxylic acid groups (broad SMARTS) is 1. The quantitative estimate of drug-likeness (QED) is 0.0966.